The van der Waals surface area contributed by atoms with E-state index in [1.165, 1.54) is 0 Å². The number of phenols is 1. The number of aromatic hydroxyl groups is 1. The van der Waals surface area contributed by atoms with Crippen LogP contribution in [0.5, 0.6) is 5.75 Å². The molecule has 0 bridgehead atoms. The van der Waals surface area contributed by atoms with E-state index in [9.17, 15) is 17.6 Å². The van der Waals surface area contributed by atoms with Gasteiger partial charge in [-0.25, -0.2) is 4.39 Å². The monoisotopic (exact) mass is 243 g/mol. The number of nitrogens with two attached hydrogens (primary N) is 1. The molecule has 1 aromatic rings. The SMILES string of the molecule is N[C@H](c1ccc(F)c(Cl)c1O)C(F)(F)F. The normalized spacial score (nSPS) is 14.0. The predicted octanol–water partition coefficient (Wildman–Crippen LogP) is 2.75. The average molecular weight is 244 g/mol. The van der Waals surface area contributed by atoms with Gasteiger partial charge in [-0.2, -0.15) is 13.2 Å². The second-order valence-electron chi connectivity index (χ2n) is 2.82. The zero-order valence-electron chi connectivity index (χ0n) is 7.15. The van der Waals surface area contributed by atoms with Gasteiger partial charge in [0.1, 0.15) is 22.6 Å². The highest BCUT2D eigenvalue weighted by Crippen LogP contribution is 2.39. The van der Waals surface area contributed by atoms with Gasteiger partial charge in [-0.3, -0.25) is 0 Å². The molecule has 1 atom stereocenters. The van der Waals surface area contributed by atoms with E-state index in [0.29, 0.717) is 6.07 Å². The summed E-state index contributed by atoms with van der Waals surface area (Å²) in [6, 6.07) is -0.937. The molecular weight excluding hydrogens is 238 g/mol. The maximum Gasteiger partial charge on any atom is 0.407 e. The molecule has 3 N–H and O–H groups in total. The van der Waals surface area contributed by atoms with Crippen molar-refractivity contribution in [2.45, 2.75) is 12.2 Å². The molecule has 0 aromatic heterocycles. The zero-order chi connectivity index (χ0) is 11.8. The molecule has 1 aromatic carbocycles. The minimum atomic E-state index is -4.72. The number of benzene rings is 1. The van der Waals surface area contributed by atoms with Crippen molar-refractivity contribution in [2.75, 3.05) is 0 Å². The van der Waals surface area contributed by atoms with Crippen molar-refractivity contribution >= 4 is 11.6 Å². The molecule has 0 aliphatic rings. The molecule has 0 amide bonds. The minimum Gasteiger partial charge on any atom is -0.506 e. The third-order valence-electron chi connectivity index (χ3n) is 1.79. The number of halogens is 5. The molecule has 0 radical (unpaired) electrons. The van der Waals surface area contributed by atoms with Crippen LogP contribution in [0.3, 0.4) is 0 Å². The number of rotatable bonds is 1. The van der Waals surface area contributed by atoms with Gasteiger partial charge in [0.2, 0.25) is 0 Å². The van der Waals surface area contributed by atoms with E-state index in [-0.39, 0.29) is 0 Å². The van der Waals surface area contributed by atoms with Crippen LogP contribution in [-0.4, -0.2) is 11.3 Å². The Hall–Kier alpha value is -1.01. The fourth-order valence-corrected chi connectivity index (χ4v) is 1.15. The first-order valence-corrected chi connectivity index (χ1v) is 4.12. The van der Waals surface area contributed by atoms with Gasteiger partial charge in [-0.05, 0) is 6.07 Å². The quantitative estimate of drug-likeness (QED) is 0.745. The summed E-state index contributed by atoms with van der Waals surface area (Å²) >= 11 is 5.23. The molecule has 7 heteroatoms. The molecule has 1 rings (SSSR count). The number of hydrogen-bond acceptors (Lipinski definition) is 2. The van der Waals surface area contributed by atoms with Gasteiger partial charge in [-0.15, -0.1) is 0 Å². The van der Waals surface area contributed by atoms with Crippen LogP contribution in [0.1, 0.15) is 11.6 Å². The molecule has 0 heterocycles. The minimum absolute atomic E-state index is 0.658. The van der Waals surface area contributed by atoms with Crippen molar-refractivity contribution in [1.29, 1.82) is 0 Å². The Morgan fingerprint density at radius 1 is 1.33 bits per heavy atom. The summed E-state index contributed by atoms with van der Waals surface area (Å²) < 4.78 is 49.2. The van der Waals surface area contributed by atoms with Crippen LogP contribution in [-0.2, 0) is 0 Å². The van der Waals surface area contributed by atoms with Gasteiger partial charge in [0.15, 0.2) is 0 Å². The second-order valence-corrected chi connectivity index (χ2v) is 3.20. The highest BCUT2D eigenvalue weighted by Gasteiger charge is 2.39. The highest BCUT2D eigenvalue weighted by molar-refractivity contribution is 6.32. The summed E-state index contributed by atoms with van der Waals surface area (Å²) in [5.41, 5.74) is 4.17. The Morgan fingerprint density at radius 3 is 2.33 bits per heavy atom. The van der Waals surface area contributed by atoms with E-state index in [4.69, 9.17) is 22.4 Å². The largest absolute Gasteiger partial charge is 0.506 e. The Bertz CT molecular complexity index is 380. The lowest BCUT2D eigenvalue weighted by Crippen LogP contribution is -2.28. The third-order valence-corrected chi connectivity index (χ3v) is 2.15. The van der Waals surface area contributed by atoms with Crippen LogP contribution in [0.25, 0.3) is 0 Å². The van der Waals surface area contributed by atoms with Gasteiger partial charge in [0, 0.05) is 5.56 Å². The molecule has 2 nitrogen and oxygen atoms in total. The van der Waals surface area contributed by atoms with E-state index in [1.54, 1.807) is 0 Å². The lowest BCUT2D eigenvalue weighted by molar-refractivity contribution is -0.149. The Kier molecular flexibility index (Phi) is 3.11. The summed E-state index contributed by atoms with van der Waals surface area (Å²) in [5, 5.41) is 8.39. The van der Waals surface area contributed by atoms with Crippen LogP contribution >= 0.6 is 11.6 Å². The number of alkyl halides is 3. The maximum absolute atomic E-state index is 12.7. The number of hydrogen-bond donors (Lipinski definition) is 2. The lowest BCUT2D eigenvalue weighted by atomic mass is 10.1. The highest BCUT2D eigenvalue weighted by atomic mass is 35.5. The zero-order valence-corrected chi connectivity index (χ0v) is 7.90. The van der Waals surface area contributed by atoms with Crippen LogP contribution in [0, 0.1) is 5.82 Å². The van der Waals surface area contributed by atoms with Crippen molar-refractivity contribution < 1.29 is 22.7 Å². The van der Waals surface area contributed by atoms with Crippen molar-refractivity contribution in [3.8, 4) is 5.75 Å². The van der Waals surface area contributed by atoms with Gasteiger partial charge in [-0.1, -0.05) is 17.7 Å². The van der Waals surface area contributed by atoms with Crippen molar-refractivity contribution in [3.63, 3.8) is 0 Å². The van der Waals surface area contributed by atoms with Crippen LogP contribution in [0.4, 0.5) is 17.6 Å². The number of phenolic OH excluding ortho intramolecular Hbond substituents is 1. The standard InChI is InChI=1S/C8H6ClF4NO/c9-5-4(10)2-1-3(6(5)15)7(14)8(11,12)13/h1-2,7,15H,14H2/t7-/m1/s1. The van der Waals surface area contributed by atoms with Crippen LogP contribution in [0.2, 0.25) is 5.02 Å². The van der Waals surface area contributed by atoms with E-state index in [0.717, 1.165) is 6.07 Å². The first kappa shape index (κ1) is 12.1. The smallest absolute Gasteiger partial charge is 0.407 e. The molecular formula is C8H6ClF4NO. The van der Waals surface area contributed by atoms with Gasteiger partial charge in [0.25, 0.3) is 0 Å². The first-order valence-electron chi connectivity index (χ1n) is 3.74. The molecule has 0 fully saturated rings. The van der Waals surface area contributed by atoms with Gasteiger partial charge >= 0.3 is 6.18 Å². The van der Waals surface area contributed by atoms with Crippen molar-refractivity contribution in [1.82, 2.24) is 0 Å². The lowest BCUT2D eigenvalue weighted by Gasteiger charge is -2.17. The molecule has 0 aliphatic carbocycles. The molecule has 0 unspecified atom stereocenters. The van der Waals surface area contributed by atoms with Gasteiger partial charge in [0.05, 0.1) is 0 Å². The summed E-state index contributed by atoms with van der Waals surface area (Å²) in [4.78, 5) is 0. The fourth-order valence-electron chi connectivity index (χ4n) is 0.982. The van der Waals surface area contributed by atoms with E-state index >= 15 is 0 Å². The van der Waals surface area contributed by atoms with E-state index in [1.807, 2.05) is 0 Å². The summed E-state index contributed by atoms with van der Waals surface area (Å²) in [6.45, 7) is 0. The Labute approximate surface area is 87.3 Å². The summed E-state index contributed by atoms with van der Waals surface area (Å²) in [7, 11) is 0. The average Bonchev–Trinajstić information content (AvgIpc) is 2.12. The topological polar surface area (TPSA) is 46.2 Å². The first-order chi connectivity index (χ1) is 6.75. The fraction of sp³-hybridized carbons (Fsp3) is 0.250. The van der Waals surface area contributed by atoms with Crippen LogP contribution in [0.15, 0.2) is 12.1 Å². The predicted molar refractivity (Wildman–Crippen MR) is 46.1 cm³/mol. The third kappa shape index (κ3) is 2.32. The van der Waals surface area contributed by atoms with Crippen molar-refractivity contribution in [3.05, 3.63) is 28.5 Å². The van der Waals surface area contributed by atoms with Crippen LogP contribution < -0.4 is 5.73 Å². The molecule has 0 saturated carbocycles. The summed E-state index contributed by atoms with van der Waals surface area (Å²) in [6.07, 6.45) is -4.72. The van der Waals surface area contributed by atoms with Gasteiger partial charge < -0.3 is 10.8 Å². The Balaban J connectivity index is 3.23. The molecule has 84 valence electrons. The molecule has 0 aliphatic heterocycles. The van der Waals surface area contributed by atoms with E-state index in [2.05, 4.69) is 0 Å². The second kappa shape index (κ2) is 3.86. The molecule has 15 heavy (non-hydrogen) atoms. The Morgan fingerprint density at radius 2 is 1.87 bits per heavy atom. The molecule has 0 saturated heterocycles. The van der Waals surface area contributed by atoms with E-state index < -0.39 is 34.4 Å². The maximum atomic E-state index is 12.7. The molecule has 0 spiro atoms. The summed E-state index contributed by atoms with van der Waals surface area (Å²) in [5.74, 6) is -1.99. The van der Waals surface area contributed by atoms with Crippen molar-refractivity contribution in [2.24, 2.45) is 5.73 Å².